The molecule has 1 saturated heterocycles. The van der Waals surface area contributed by atoms with Crippen LogP contribution in [0, 0.1) is 11.6 Å². The highest BCUT2D eigenvalue weighted by atomic mass is 19.1. The Labute approximate surface area is 212 Å². The van der Waals surface area contributed by atoms with E-state index in [1.165, 1.54) is 18.2 Å². The number of aromatic carboxylic acids is 1. The molecule has 0 bridgehead atoms. The van der Waals surface area contributed by atoms with Crippen LogP contribution in [-0.4, -0.2) is 58.4 Å². The molecule has 6 rings (SSSR count). The van der Waals surface area contributed by atoms with Crippen molar-refractivity contribution >= 4 is 22.6 Å². The molecule has 0 atom stereocenters. The first-order valence-corrected chi connectivity index (χ1v) is 12.6. The Balaban J connectivity index is 1.15. The summed E-state index contributed by atoms with van der Waals surface area (Å²) in [6, 6.07) is 9.78. The van der Waals surface area contributed by atoms with E-state index in [9.17, 15) is 18.7 Å². The molecule has 2 aliphatic rings. The number of rotatable bonds is 7. The lowest BCUT2D eigenvalue weighted by Gasteiger charge is -2.36. The number of carboxylic acid groups (broad SMARTS) is 1. The Morgan fingerprint density at radius 1 is 1.11 bits per heavy atom. The number of carbonyl (C=O) groups is 1. The molecule has 2 aromatic carbocycles. The van der Waals surface area contributed by atoms with Gasteiger partial charge in [0.2, 0.25) is 0 Å². The Bertz CT molecular complexity index is 1460. The van der Waals surface area contributed by atoms with Crippen molar-refractivity contribution in [2.75, 3.05) is 37.6 Å². The maximum absolute atomic E-state index is 14.5. The van der Waals surface area contributed by atoms with Crippen LogP contribution < -0.4 is 4.90 Å². The van der Waals surface area contributed by atoms with E-state index in [2.05, 4.69) is 15.0 Å². The van der Waals surface area contributed by atoms with Gasteiger partial charge in [0.1, 0.15) is 23.1 Å². The lowest BCUT2D eigenvalue weighted by molar-refractivity contribution is 0.0699. The zero-order chi connectivity index (χ0) is 25.7. The molecule has 9 heteroatoms. The van der Waals surface area contributed by atoms with E-state index in [0.29, 0.717) is 12.0 Å². The molecule has 2 aromatic heterocycles. The van der Waals surface area contributed by atoms with Crippen LogP contribution in [0.3, 0.4) is 0 Å². The summed E-state index contributed by atoms with van der Waals surface area (Å²) in [6.45, 7) is 4.10. The maximum atomic E-state index is 14.5. The minimum atomic E-state index is -0.925. The summed E-state index contributed by atoms with van der Waals surface area (Å²) < 4.78 is 36.5. The van der Waals surface area contributed by atoms with Crippen LogP contribution in [0.1, 0.15) is 40.4 Å². The number of piperazine rings is 1. The first kappa shape index (κ1) is 23.7. The molecule has 1 aliphatic heterocycles. The molecule has 1 saturated carbocycles. The molecule has 4 aromatic rings. The molecule has 0 spiro atoms. The highest BCUT2D eigenvalue weighted by Gasteiger charge is 2.34. The minimum absolute atomic E-state index is 0.111. The summed E-state index contributed by atoms with van der Waals surface area (Å²) >= 11 is 0. The number of fused-ring (bicyclic) bond motifs is 1. The van der Waals surface area contributed by atoms with E-state index in [1.54, 1.807) is 6.20 Å². The third kappa shape index (κ3) is 4.37. The highest BCUT2D eigenvalue weighted by Crippen LogP contribution is 2.44. The number of aryl methyl sites for hydroxylation is 1. The van der Waals surface area contributed by atoms with Crippen molar-refractivity contribution in [3.05, 3.63) is 71.1 Å². The standard InChI is InChI=1S/C28H28F2N4O3/c1-32-16-21(28(35)36)19-8-7-18(15-24(19)32)34-13-11-33(12-14-34)10-9-20-26(31-37-27(20)17-5-6-17)25-22(29)3-2-4-23(25)30/h2-4,7-8,15-17H,5-6,9-14H2,1H3,(H,35,36). The maximum Gasteiger partial charge on any atom is 0.337 e. The van der Waals surface area contributed by atoms with Gasteiger partial charge in [-0.1, -0.05) is 11.2 Å². The van der Waals surface area contributed by atoms with Crippen molar-refractivity contribution in [2.24, 2.45) is 7.05 Å². The van der Waals surface area contributed by atoms with E-state index in [0.717, 1.165) is 73.5 Å². The van der Waals surface area contributed by atoms with Crippen LogP contribution in [0.4, 0.5) is 14.5 Å². The van der Waals surface area contributed by atoms with Gasteiger partial charge in [0, 0.05) is 68.5 Å². The third-order valence-corrected chi connectivity index (χ3v) is 7.59. The molecule has 0 unspecified atom stereocenters. The zero-order valence-corrected chi connectivity index (χ0v) is 20.6. The number of anilines is 1. The van der Waals surface area contributed by atoms with Gasteiger partial charge in [-0.25, -0.2) is 13.6 Å². The number of nitrogens with zero attached hydrogens (tertiary/aromatic N) is 4. The van der Waals surface area contributed by atoms with E-state index in [1.807, 2.05) is 29.8 Å². The van der Waals surface area contributed by atoms with Crippen LogP contribution in [0.25, 0.3) is 22.2 Å². The van der Waals surface area contributed by atoms with E-state index >= 15 is 0 Å². The number of hydrogen-bond acceptors (Lipinski definition) is 5. The molecular formula is C28H28F2N4O3. The minimum Gasteiger partial charge on any atom is -0.478 e. The van der Waals surface area contributed by atoms with E-state index in [4.69, 9.17) is 4.52 Å². The summed E-state index contributed by atoms with van der Waals surface area (Å²) in [5.41, 5.74) is 3.26. The number of halogens is 2. The van der Waals surface area contributed by atoms with Crippen LogP contribution in [0.5, 0.6) is 0 Å². The highest BCUT2D eigenvalue weighted by molar-refractivity contribution is 6.04. The summed E-state index contributed by atoms with van der Waals surface area (Å²) in [4.78, 5) is 16.2. The average Bonchev–Trinajstić information content (AvgIpc) is 3.57. The van der Waals surface area contributed by atoms with Crippen LogP contribution in [0.2, 0.25) is 0 Å². The molecule has 37 heavy (non-hydrogen) atoms. The van der Waals surface area contributed by atoms with Gasteiger partial charge in [-0.05, 0) is 49.6 Å². The Morgan fingerprint density at radius 2 is 1.84 bits per heavy atom. The second kappa shape index (κ2) is 9.30. The quantitative estimate of drug-likeness (QED) is 0.378. The normalized spacial score (nSPS) is 16.6. The fourth-order valence-electron chi connectivity index (χ4n) is 5.39. The Kier molecular flexibility index (Phi) is 5.95. The van der Waals surface area contributed by atoms with Gasteiger partial charge < -0.3 is 19.1 Å². The van der Waals surface area contributed by atoms with E-state index < -0.39 is 17.6 Å². The molecule has 1 N–H and O–H groups in total. The molecule has 2 fully saturated rings. The molecule has 7 nitrogen and oxygen atoms in total. The molecule has 192 valence electrons. The summed E-state index contributed by atoms with van der Waals surface area (Å²) in [6.07, 6.45) is 4.29. The van der Waals surface area contributed by atoms with Gasteiger partial charge in [-0.3, -0.25) is 4.90 Å². The summed E-state index contributed by atoms with van der Waals surface area (Å²) in [7, 11) is 1.86. The third-order valence-electron chi connectivity index (χ3n) is 7.59. The Morgan fingerprint density at radius 3 is 2.51 bits per heavy atom. The van der Waals surface area contributed by atoms with Crippen LogP contribution >= 0.6 is 0 Å². The van der Waals surface area contributed by atoms with Gasteiger partial charge in [0.15, 0.2) is 0 Å². The van der Waals surface area contributed by atoms with Crippen molar-refractivity contribution in [3.63, 3.8) is 0 Å². The van der Waals surface area contributed by atoms with Crippen molar-refractivity contribution in [1.29, 1.82) is 0 Å². The van der Waals surface area contributed by atoms with Crippen LogP contribution in [-0.2, 0) is 13.5 Å². The largest absolute Gasteiger partial charge is 0.478 e. The number of benzene rings is 2. The van der Waals surface area contributed by atoms with Crippen molar-refractivity contribution in [3.8, 4) is 11.3 Å². The molecule has 3 heterocycles. The second-order valence-corrected chi connectivity index (χ2v) is 9.98. The predicted octanol–water partition coefficient (Wildman–Crippen LogP) is 5.05. The van der Waals surface area contributed by atoms with E-state index in [-0.39, 0.29) is 17.2 Å². The molecular weight excluding hydrogens is 478 g/mol. The lowest BCUT2D eigenvalue weighted by atomic mass is 10.0. The topological polar surface area (TPSA) is 74.7 Å². The molecule has 1 aliphatic carbocycles. The van der Waals surface area contributed by atoms with Gasteiger partial charge in [-0.15, -0.1) is 0 Å². The molecule has 0 radical (unpaired) electrons. The fourth-order valence-corrected chi connectivity index (χ4v) is 5.39. The average molecular weight is 507 g/mol. The second-order valence-electron chi connectivity index (χ2n) is 9.98. The smallest absolute Gasteiger partial charge is 0.337 e. The first-order valence-electron chi connectivity index (χ1n) is 12.6. The van der Waals surface area contributed by atoms with Gasteiger partial charge in [0.05, 0.1) is 16.6 Å². The number of aromatic nitrogens is 2. The van der Waals surface area contributed by atoms with Gasteiger partial charge in [0.25, 0.3) is 0 Å². The van der Waals surface area contributed by atoms with Crippen LogP contribution in [0.15, 0.2) is 47.1 Å². The van der Waals surface area contributed by atoms with Crippen molar-refractivity contribution in [2.45, 2.75) is 25.2 Å². The fraction of sp³-hybridized carbons (Fsp3) is 0.357. The summed E-state index contributed by atoms with van der Waals surface area (Å²) in [5, 5.41) is 14.3. The number of hydrogen-bond donors (Lipinski definition) is 1. The van der Waals surface area contributed by atoms with Gasteiger partial charge in [-0.2, -0.15) is 0 Å². The lowest BCUT2D eigenvalue weighted by Crippen LogP contribution is -2.47. The van der Waals surface area contributed by atoms with Gasteiger partial charge >= 0.3 is 5.97 Å². The SMILES string of the molecule is Cn1cc(C(=O)O)c2ccc(N3CCN(CCc4c(-c5c(F)cccc5F)noc4C4CC4)CC3)cc21. The first-order chi connectivity index (χ1) is 17.9. The Hall–Kier alpha value is -3.72. The predicted molar refractivity (Wildman–Crippen MR) is 136 cm³/mol. The van der Waals surface area contributed by atoms with Crippen molar-refractivity contribution < 1.29 is 23.2 Å². The number of carboxylic acids is 1. The molecule has 0 amide bonds. The monoisotopic (exact) mass is 506 g/mol. The summed E-state index contributed by atoms with van der Waals surface area (Å²) in [5.74, 6) is -1.12. The van der Waals surface area contributed by atoms with Crippen molar-refractivity contribution in [1.82, 2.24) is 14.6 Å². The zero-order valence-electron chi connectivity index (χ0n) is 20.6.